The molecule has 0 aromatic heterocycles. The van der Waals surface area contributed by atoms with Gasteiger partial charge in [0.05, 0.1) is 22.9 Å². The number of hydrogen-bond acceptors (Lipinski definition) is 6. The first-order valence-corrected chi connectivity index (χ1v) is 18.3. The largest absolute Gasteiger partial charge is 0.396 e. The highest BCUT2D eigenvalue weighted by molar-refractivity contribution is 8.13. The number of hydrogen-bond donors (Lipinski definition) is 1. The summed E-state index contributed by atoms with van der Waals surface area (Å²) in [5.41, 5.74) is 5.58. The Kier molecular flexibility index (Phi) is 28.6. The molecule has 0 unspecified atom stereocenters. The van der Waals surface area contributed by atoms with Gasteiger partial charge in [-0.1, -0.05) is 58.5 Å². The van der Waals surface area contributed by atoms with Crippen LogP contribution in [0.5, 0.6) is 0 Å². The zero-order chi connectivity index (χ0) is 31.0. The molecule has 0 bridgehead atoms. The van der Waals surface area contributed by atoms with Gasteiger partial charge in [-0.2, -0.15) is 0 Å². The maximum atomic E-state index is 13.2. The Morgan fingerprint density at radius 1 is 0.732 bits per heavy atom. The summed E-state index contributed by atoms with van der Waals surface area (Å²) in [5.74, 6) is -0.0187. The number of benzene rings is 2. The quantitative estimate of drug-likeness (QED) is 0.101. The van der Waals surface area contributed by atoms with Gasteiger partial charge in [0.15, 0.2) is 9.84 Å². The van der Waals surface area contributed by atoms with Gasteiger partial charge in [-0.25, -0.2) is 25.6 Å². The number of para-hydroxylation sites is 1. The molecular weight excluding hydrogens is 637 g/mol. The summed E-state index contributed by atoms with van der Waals surface area (Å²) < 4.78 is 69.1. The van der Waals surface area contributed by atoms with E-state index in [2.05, 4.69) is 25.7 Å². The van der Waals surface area contributed by atoms with Gasteiger partial charge in [-0.15, -0.1) is 23.2 Å². The van der Waals surface area contributed by atoms with E-state index in [4.69, 9.17) is 39.6 Å². The van der Waals surface area contributed by atoms with Crippen LogP contribution in [0.1, 0.15) is 59.4 Å². The molecule has 240 valence electrons. The number of nitrogens with two attached hydrogens (primary N) is 1. The molecule has 0 aliphatic rings. The summed E-state index contributed by atoms with van der Waals surface area (Å²) in [7, 11) is -1.61. The number of rotatable bonds is 13. The highest BCUT2D eigenvalue weighted by Gasteiger charge is 2.14. The van der Waals surface area contributed by atoms with Crippen LogP contribution in [-0.2, 0) is 24.6 Å². The predicted molar refractivity (Wildman–Crippen MR) is 174 cm³/mol. The third kappa shape index (κ3) is 27.4. The molecular formula is C28H47Cl3F2N2O4S2. The number of unbranched alkanes of at least 4 members (excludes halogenated alkanes) is 2. The van der Waals surface area contributed by atoms with E-state index in [1.165, 1.54) is 43.9 Å². The minimum Gasteiger partial charge on any atom is -0.396 e. The number of halogens is 5. The number of nitrogens with zero attached hydrogens (tertiary/aromatic N) is 1. The van der Waals surface area contributed by atoms with Crippen molar-refractivity contribution in [2.45, 2.75) is 59.6 Å². The highest BCUT2D eigenvalue weighted by Crippen LogP contribution is 2.12. The zero-order valence-electron chi connectivity index (χ0n) is 23.5. The van der Waals surface area contributed by atoms with Gasteiger partial charge in [0, 0.05) is 28.0 Å². The van der Waals surface area contributed by atoms with E-state index in [1.54, 1.807) is 24.3 Å². The lowest BCUT2D eigenvalue weighted by Crippen LogP contribution is -2.21. The molecule has 0 radical (unpaired) electrons. The average molecular weight is 684 g/mol. The van der Waals surface area contributed by atoms with Crippen LogP contribution in [0.3, 0.4) is 0 Å². The van der Waals surface area contributed by atoms with E-state index >= 15 is 0 Å². The van der Waals surface area contributed by atoms with Crippen LogP contribution in [0.25, 0.3) is 0 Å². The molecule has 2 aromatic carbocycles. The van der Waals surface area contributed by atoms with Crippen molar-refractivity contribution in [3.05, 3.63) is 65.7 Å². The molecule has 0 saturated heterocycles. The minimum absolute atomic E-state index is 0. The second kappa shape index (κ2) is 26.5. The highest BCUT2D eigenvalue weighted by atomic mass is 35.7. The Labute approximate surface area is 261 Å². The first kappa shape index (κ1) is 44.3. The standard InChI is InChI=1S/C11H14ClFO2S.C6H6FN.C6H15N.C4H8Cl2O2S.CH4/c12-7-3-4-8-16(14,15)9-10-5-1-2-6-11(10)13;7-5-3-1-2-4-6(5)8;1-4-7(5-2)6-3;5-3-1-2-4-9(6,7)8;/h1-2,5-6H,3-4,7-9H2;1-4H,8H2;4-6H2,1-3H3;1-4H2;1H4. The van der Waals surface area contributed by atoms with Crippen molar-refractivity contribution in [2.75, 3.05) is 48.6 Å². The van der Waals surface area contributed by atoms with Crippen LogP contribution < -0.4 is 5.73 Å². The van der Waals surface area contributed by atoms with Gasteiger partial charge < -0.3 is 10.6 Å². The van der Waals surface area contributed by atoms with Gasteiger partial charge >= 0.3 is 0 Å². The van der Waals surface area contributed by atoms with Gasteiger partial charge in [0.1, 0.15) is 11.6 Å². The van der Waals surface area contributed by atoms with Crippen molar-refractivity contribution in [1.82, 2.24) is 4.90 Å². The van der Waals surface area contributed by atoms with E-state index in [9.17, 15) is 25.6 Å². The fourth-order valence-electron chi connectivity index (χ4n) is 2.86. The smallest absolute Gasteiger partial charge is 0.232 e. The van der Waals surface area contributed by atoms with Crippen molar-refractivity contribution in [2.24, 2.45) is 0 Å². The van der Waals surface area contributed by atoms with E-state index < -0.39 is 24.7 Å². The third-order valence-corrected chi connectivity index (χ3v) is 8.63. The second-order valence-electron chi connectivity index (χ2n) is 8.36. The van der Waals surface area contributed by atoms with Crippen molar-refractivity contribution in [3.63, 3.8) is 0 Å². The summed E-state index contributed by atoms with van der Waals surface area (Å²) in [6, 6.07) is 12.1. The zero-order valence-corrected chi connectivity index (χ0v) is 27.4. The molecule has 41 heavy (non-hydrogen) atoms. The lowest BCUT2D eigenvalue weighted by Gasteiger charge is -2.13. The van der Waals surface area contributed by atoms with E-state index in [0.29, 0.717) is 37.4 Å². The average Bonchev–Trinajstić information content (AvgIpc) is 2.89. The first-order valence-electron chi connectivity index (χ1n) is 13.0. The van der Waals surface area contributed by atoms with Crippen molar-refractivity contribution < 1.29 is 25.6 Å². The van der Waals surface area contributed by atoms with Crippen molar-refractivity contribution in [1.29, 1.82) is 0 Å². The molecule has 0 saturated carbocycles. The van der Waals surface area contributed by atoms with E-state index in [1.807, 2.05) is 0 Å². The molecule has 0 spiro atoms. The maximum absolute atomic E-state index is 13.2. The Morgan fingerprint density at radius 3 is 1.51 bits per heavy atom. The Morgan fingerprint density at radius 2 is 1.17 bits per heavy atom. The van der Waals surface area contributed by atoms with Crippen LogP contribution in [0.15, 0.2) is 48.5 Å². The SMILES string of the molecule is C.CCN(CC)CC.Nc1ccccc1F.O=S(=O)(CCCCCl)Cc1ccccc1F.O=S(=O)(Cl)CCCCCl. The summed E-state index contributed by atoms with van der Waals surface area (Å²) in [5, 5.41) is 0. The fraction of sp³-hybridized carbons (Fsp3) is 0.571. The Hall–Kier alpha value is -1.17. The Bertz CT molecular complexity index is 1100. The monoisotopic (exact) mass is 682 g/mol. The van der Waals surface area contributed by atoms with Gasteiger partial charge in [0.2, 0.25) is 9.05 Å². The molecule has 0 amide bonds. The molecule has 0 aliphatic carbocycles. The number of sulfone groups is 1. The van der Waals surface area contributed by atoms with Gasteiger partial charge in [0.25, 0.3) is 0 Å². The molecule has 2 aromatic rings. The molecule has 0 fully saturated rings. The lowest BCUT2D eigenvalue weighted by molar-refractivity contribution is 0.321. The maximum Gasteiger partial charge on any atom is 0.232 e. The normalized spacial score (nSPS) is 10.7. The number of anilines is 1. The van der Waals surface area contributed by atoms with Gasteiger partial charge in [-0.3, -0.25) is 0 Å². The van der Waals surface area contributed by atoms with Crippen LogP contribution in [-0.4, -0.2) is 64.6 Å². The van der Waals surface area contributed by atoms with E-state index in [0.717, 1.165) is 0 Å². The second-order valence-corrected chi connectivity index (χ2v) is 14.2. The van der Waals surface area contributed by atoms with Crippen molar-refractivity contribution >= 4 is 58.5 Å². The summed E-state index contributed by atoms with van der Waals surface area (Å²) in [6.07, 6.45) is 2.45. The molecule has 2 rings (SSSR count). The third-order valence-electron chi connectivity index (χ3n) is 5.19. The van der Waals surface area contributed by atoms with Crippen LogP contribution in [0.2, 0.25) is 0 Å². The molecule has 0 atom stereocenters. The summed E-state index contributed by atoms with van der Waals surface area (Å²) >= 11 is 10.8. The van der Waals surface area contributed by atoms with Crippen LogP contribution >= 0.6 is 33.9 Å². The lowest BCUT2D eigenvalue weighted by atomic mass is 10.2. The van der Waals surface area contributed by atoms with Crippen molar-refractivity contribution in [3.8, 4) is 0 Å². The van der Waals surface area contributed by atoms with E-state index in [-0.39, 0.29) is 41.8 Å². The molecule has 0 heterocycles. The summed E-state index contributed by atoms with van der Waals surface area (Å²) in [6.45, 7) is 10.1. The summed E-state index contributed by atoms with van der Waals surface area (Å²) in [4.78, 5) is 2.38. The fourth-order valence-corrected chi connectivity index (χ4v) is 5.61. The number of nitrogen functional groups attached to an aromatic ring is 1. The predicted octanol–water partition coefficient (Wildman–Crippen LogP) is 7.73. The Balaban J connectivity index is -0.000000497. The molecule has 13 heteroatoms. The first-order chi connectivity index (χ1) is 18.8. The number of alkyl halides is 2. The van der Waals surface area contributed by atoms with Crippen LogP contribution in [0, 0.1) is 11.6 Å². The molecule has 2 N–H and O–H groups in total. The topological polar surface area (TPSA) is 97.5 Å². The molecule has 6 nitrogen and oxygen atoms in total. The van der Waals surface area contributed by atoms with Gasteiger partial charge in [-0.05, 0) is 63.5 Å². The molecule has 0 aliphatic heterocycles. The van der Waals surface area contributed by atoms with Crippen LogP contribution in [0.4, 0.5) is 14.5 Å². The minimum atomic E-state index is -3.28.